The van der Waals surface area contributed by atoms with Crippen LogP contribution in [-0.4, -0.2) is 42.6 Å². The maximum absolute atomic E-state index is 10.3. The summed E-state index contributed by atoms with van der Waals surface area (Å²) in [5.41, 5.74) is 3.11. The van der Waals surface area contributed by atoms with E-state index >= 15 is 0 Å². The zero-order valence-corrected chi connectivity index (χ0v) is 15.6. The number of aryl methyl sites for hydroxylation is 2. The highest BCUT2D eigenvalue weighted by molar-refractivity contribution is 6.32. The molecule has 0 aliphatic rings. The average molecular weight is 365 g/mol. The molecule has 0 amide bonds. The molecule has 5 heteroatoms. The molecule has 0 saturated heterocycles. The fourth-order valence-corrected chi connectivity index (χ4v) is 2.99. The van der Waals surface area contributed by atoms with E-state index in [1.165, 1.54) is 5.56 Å². The zero-order valence-electron chi connectivity index (χ0n) is 14.8. The van der Waals surface area contributed by atoms with Gasteiger partial charge in [0.15, 0.2) is 0 Å². The number of nitrogens with one attached hydrogen (secondary N) is 1. The van der Waals surface area contributed by atoms with E-state index in [-0.39, 0.29) is 13.2 Å². The number of quaternary nitrogens is 1. The van der Waals surface area contributed by atoms with Crippen LogP contribution in [0.4, 0.5) is 0 Å². The largest absolute Gasteiger partial charge is 0.491 e. The van der Waals surface area contributed by atoms with Gasteiger partial charge >= 0.3 is 0 Å². The Kier molecular flexibility index (Phi) is 7.72. The van der Waals surface area contributed by atoms with Crippen molar-refractivity contribution < 1.29 is 19.8 Å². The molecule has 0 spiro atoms. The Morgan fingerprint density at radius 3 is 2.36 bits per heavy atom. The van der Waals surface area contributed by atoms with Gasteiger partial charge < -0.3 is 19.8 Å². The number of benzene rings is 2. The van der Waals surface area contributed by atoms with Crippen molar-refractivity contribution in [3.8, 4) is 5.75 Å². The maximum atomic E-state index is 10.3. The highest BCUT2D eigenvalue weighted by Crippen LogP contribution is 2.25. The molecule has 2 atom stereocenters. The third-order valence-corrected chi connectivity index (χ3v) is 4.74. The Morgan fingerprint density at radius 1 is 1.12 bits per heavy atom. The number of ether oxygens (including phenoxy) is 1. The lowest BCUT2D eigenvalue weighted by atomic mass is 10.1. The van der Waals surface area contributed by atoms with Gasteiger partial charge in [0.1, 0.15) is 38.1 Å². The minimum Gasteiger partial charge on any atom is -0.491 e. The van der Waals surface area contributed by atoms with E-state index in [4.69, 9.17) is 16.3 Å². The van der Waals surface area contributed by atoms with Crippen molar-refractivity contribution in [3.63, 3.8) is 0 Å². The number of aliphatic hydroxyl groups excluding tert-OH is 2. The van der Waals surface area contributed by atoms with E-state index in [0.29, 0.717) is 18.8 Å². The minimum absolute atomic E-state index is 0.0886. The molecule has 0 heterocycles. The highest BCUT2D eigenvalue weighted by Gasteiger charge is 2.16. The van der Waals surface area contributed by atoms with Crippen molar-refractivity contribution >= 4 is 11.6 Å². The second-order valence-corrected chi connectivity index (χ2v) is 6.80. The molecule has 2 aromatic rings. The molecule has 0 aliphatic heterocycles. The van der Waals surface area contributed by atoms with Gasteiger partial charge in [0.05, 0.1) is 6.61 Å². The molecule has 0 aliphatic carbocycles. The van der Waals surface area contributed by atoms with Gasteiger partial charge in [-0.1, -0.05) is 41.9 Å². The van der Waals surface area contributed by atoms with Crippen molar-refractivity contribution in [1.29, 1.82) is 0 Å². The summed E-state index contributed by atoms with van der Waals surface area (Å²) in [7, 11) is 0. The van der Waals surface area contributed by atoms with Crippen LogP contribution in [0, 0.1) is 13.8 Å². The van der Waals surface area contributed by atoms with Gasteiger partial charge in [0.25, 0.3) is 0 Å². The molecule has 3 N–H and O–H groups in total. The lowest BCUT2D eigenvalue weighted by Gasteiger charge is -2.22. The van der Waals surface area contributed by atoms with Crippen LogP contribution in [0.5, 0.6) is 5.75 Å². The monoisotopic (exact) mass is 364 g/mol. The summed E-state index contributed by atoms with van der Waals surface area (Å²) in [6.07, 6.45) is -0.610. The molecule has 25 heavy (non-hydrogen) atoms. The first-order valence-corrected chi connectivity index (χ1v) is 8.93. The lowest BCUT2D eigenvalue weighted by molar-refractivity contribution is -0.917. The Hall–Kier alpha value is -1.59. The van der Waals surface area contributed by atoms with Crippen LogP contribution in [0.3, 0.4) is 0 Å². The SMILES string of the molecule is Cc1cc(OC[C@H](O)C[NH+](CCO)Cc2ccccc2)cc(C)c1Cl. The second kappa shape index (κ2) is 9.78. The van der Waals surface area contributed by atoms with E-state index in [1.54, 1.807) is 0 Å². The van der Waals surface area contributed by atoms with Gasteiger partial charge in [-0.15, -0.1) is 0 Å². The van der Waals surface area contributed by atoms with Crippen LogP contribution < -0.4 is 9.64 Å². The first kappa shape index (κ1) is 19.7. The molecular weight excluding hydrogens is 338 g/mol. The Labute approximate surface area is 154 Å². The van der Waals surface area contributed by atoms with Crippen LogP contribution in [0.1, 0.15) is 16.7 Å². The summed E-state index contributed by atoms with van der Waals surface area (Å²) in [4.78, 5) is 1.12. The number of hydrogen-bond acceptors (Lipinski definition) is 3. The van der Waals surface area contributed by atoms with Crippen molar-refractivity contribution in [2.24, 2.45) is 0 Å². The first-order chi connectivity index (χ1) is 12.0. The Morgan fingerprint density at radius 2 is 1.76 bits per heavy atom. The third-order valence-electron chi connectivity index (χ3n) is 4.14. The fraction of sp³-hybridized carbons (Fsp3) is 0.400. The smallest absolute Gasteiger partial charge is 0.137 e. The predicted octanol–water partition coefficient (Wildman–Crippen LogP) is 1.77. The second-order valence-electron chi connectivity index (χ2n) is 6.43. The van der Waals surface area contributed by atoms with E-state index in [0.717, 1.165) is 27.6 Å². The molecule has 2 aromatic carbocycles. The van der Waals surface area contributed by atoms with Gasteiger partial charge in [-0.05, 0) is 37.1 Å². The predicted molar refractivity (Wildman–Crippen MR) is 100 cm³/mol. The lowest BCUT2D eigenvalue weighted by Crippen LogP contribution is -3.12. The summed E-state index contributed by atoms with van der Waals surface area (Å²) in [6.45, 7) is 6.04. The van der Waals surface area contributed by atoms with E-state index in [9.17, 15) is 10.2 Å². The van der Waals surface area contributed by atoms with Gasteiger partial charge in [-0.25, -0.2) is 0 Å². The number of aliphatic hydroxyl groups is 2. The van der Waals surface area contributed by atoms with E-state index in [1.807, 2.05) is 44.2 Å². The number of hydrogen-bond donors (Lipinski definition) is 3. The van der Waals surface area contributed by atoms with Crippen molar-refractivity contribution in [2.75, 3.05) is 26.3 Å². The van der Waals surface area contributed by atoms with Crippen LogP contribution in [0.2, 0.25) is 5.02 Å². The van der Waals surface area contributed by atoms with Crippen molar-refractivity contribution in [1.82, 2.24) is 0 Å². The van der Waals surface area contributed by atoms with E-state index in [2.05, 4.69) is 12.1 Å². The Balaban J connectivity index is 1.89. The van der Waals surface area contributed by atoms with Gasteiger partial charge in [0, 0.05) is 10.6 Å². The molecule has 0 bridgehead atoms. The molecule has 0 saturated carbocycles. The molecular formula is C20H27ClNO3+. The van der Waals surface area contributed by atoms with Gasteiger partial charge in [0.2, 0.25) is 0 Å². The number of halogens is 1. The molecule has 2 rings (SSSR count). The first-order valence-electron chi connectivity index (χ1n) is 8.55. The quantitative estimate of drug-likeness (QED) is 0.635. The molecule has 0 fully saturated rings. The van der Waals surface area contributed by atoms with Crippen LogP contribution in [0.15, 0.2) is 42.5 Å². The molecule has 0 aromatic heterocycles. The summed E-state index contributed by atoms with van der Waals surface area (Å²) < 4.78 is 5.73. The highest BCUT2D eigenvalue weighted by atomic mass is 35.5. The summed E-state index contributed by atoms with van der Waals surface area (Å²) in [6, 6.07) is 13.8. The Bertz CT molecular complexity index is 640. The maximum Gasteiger partial charge on any atom is 0.137 e. The van der Waals surface area contributed by atoms with Crippen LogP contribution in [0.25, 0.3) is 0 Å². The number of rotatable bonds is 9. The van der Waals surface area contributed by atoms with Crippen LogP contribution in [-0.2, 0) is 6.54 Å². The van der Waals surface area contributed by atoms with Gasteiger partial charge in [-0.3, -0.25) is 0 Å². The molecule has 4 nitrogen and oxygen atoms in total. The topological polar surface area (TPSA) is 54.1 Å². The van der Waals surface area contributed by atoms with Crippen molar-refractivity contribution in [2.45, 2.75) is 26.5 Å². The molecule has 1 unspecified atom stereocenters. The summed E-state index contributed by atoms with van der Waals surface area (Å²) in [5.74, 6) is 0.713. The van der Waals surface area contributed by atoms with Gasteiger partial charge in [-0.2, -0.15) is 0 Å². The van der Waals surface area contributed by atoms with Crippen LogP contribution >= 0.6 is 11.6 Å². The fourth-order valence-electron chi connectivity index (χ4n) is 2.88. The van der Waals surface area contributed by atoms with Crippen molar-refractivity contribution in [3.05, 3.63) is 64.2 Å². The minimum atomic E-state index is -0.610. The third kappa shape index (κ3) is 6.33. The van der Waals surface area contributed by atoms with E-state index < -0.39 is 6.10 Å². The zero-order chi connectivity index (χ0) is 18.2. The summed E-state index contributed by atoms with van der Waals surface area (Å²) >= 11 is 6.16. The molecule has 0 radical (unpaired) electrons. The average Bonchev–Trinajstić information content (AvgIpc) is 2.59. The standard InChI is InChI=1S/C20H26ClNO3/c1-15-10-19(11-16(2)20(15)21)25-14-18(24)13-22(8-9-23)12-17-6-4-3-5-7-17/h3-7,10-11,18,23-24H,8-9,12-14H2,1-2H3/p+1/t18-/m1/s1. The normalized spacial score (nSPS) is 13.5. The summed E-state index contributed by atoms with van der Waals surface area (Å²) in [5, 5.41) is 20.3. The molecule has 136 valence electrons.